The van der Waals surface area contributed by atoms with Crippen molar-refractivity contribution >= 4 is 5.97 Å². The zero-order valence-corrected chi connectivity index (χ0v) is 7.93. The van der Waals surface area contributed by atoms with Crippen molar-refractivity contribution in [3.63, 3.8) is 0 Å². The highest BCUT2D eigenvalue weighted by Crippen LogP contribution is 2.16. The summed E-state index contributed by atoms with van der Waals surface area (Å²) in [6.45, 7) is 0. The maximum atomic E-state index is 11.0. The van der Waals surface area contributed by atoms with Gasteiger partial charge in [-0.2, -0.15) is 0 Å². The van der Waals surface area contributed by atoms with Crippen molar-refractivity contribution in [3.05, 3.63) is 24.0 Å². The van der Waals surface area contributed by atoms with Gasteiger partial charge in [0.1, 0.15) is 5.75 Å². The number of aliphatic hydroxyl groups excluding tert-OH is 1. The van der Waals surface area contributed by atoms with E-state index in [0.717, 1.165) is 0 Å². The molecule has 1 aromatic rings. The number of methoxy groups -OCH3 is 2. The number of pyridine rings is 1. The molecule has 0 radical (unpaired) electrons. The van der Waals surface area contributed by atoms with Crippen LogP contribution in [0.25, 0.3) is 0 Å². The van der Waals surface area contributed by atoms with Crippen LogP contribution in [0.1, 0.15) is 11.8 Å². The first kappa shape index (κ1) is 10.5. The molecule has 1 aromatic heterocycles. The predicted octanol–water partition coefficient (Wildman–Crippen LogP) is 0.297. The van der Waals surface area contributed by atoms with Crippen molar-refractivity contribution in [2.24, 2.45) is 0 Å². The fourth-order valence-electron chi connectivity index (χ4n) is 0.937. The maximum absolute atomic E-state index is 11.0. The Morgan fingerprint density at radius 2 is 2.29 bits per heavy atom. The lowest BCUT2D eigenvalue weighted by Gasteiger charge is -2.08. The molecular formula is C9H11NO4. The van der Waals surface area contributed by atoms with Crippen molar-refractivity contribution in [2.75, 3.05) is 14.2 Å². The molecule has 1 rings (SSSR count). The average Bonchev–Trinajstić information content (AvgIpc) is 2.27. The highest BCUT2D eigenvalue weighted by atomic mass is 16.5. The third-order valence-corrected chi connectivity index (χ3v) is 1.69. The number of hydrogen-bond donors (Lipinski definition) is 1. The zero-order chi connectivity index (χ0) is 10.6. The maximum Gasteiger partial charge on any atom is 0.341 e. The largest absolute Gasteiger partial charge is 0.497 e. The lowest BCUT2D eigenvalue weighted by molar-refractivity contribution is -0.150. The minimum absolute atomic E-state index is 0.205. The summed E-state index contributed by atoms with van der Waals surface area (Å²) in [7, 11) is 2.69. The first-order valence-electron chi connectivity index (χ1n) is 3.95. The van der Waals surface area contributed by atoms with Crippen LogP contribution in [0.3, 0.4) is 0 Å². The third-order valence-electron chi connectivity index (χ3n) is 1.69. The second-order valence-electron chi connectivity index (χ2n) is 2.55. The summed E-state index contributed by atoms with van der Waals surface area (Å²) >= 11 is 0. The molecule has 0 saturated heterocycles. The Hall–Kier alpha value is -1.62. The van der Waals surface area contributed by atoms with Crippen molar-refractivity contribution in [1.82, 2.24) is 4.98 Å². The van der Waals surface area contributed by atoms with Crippen molar-refractivity contribution in [3.8, 4) is 5.75 Å². The van der Waals surface area contributed by atoms with Gasteiger partial charge in [-0.15, -0.1) is 0 Å². The van der Waals surface area contributed by atoms with Crippen LogP contribution in [0.4, 0.5) is 0 Å². The van der Waals surface area contributed by atoms with Gasteiger partial charge in [-0.1, -0.05) is 0 Å². The molecule has 5 nitrogen and oxygen atoms in total. The Morgan fingerprint density at radius 3 is 2.86 bits per heavy atom. The van der Waals surface area contributed by atoms with Gasteiger partial charge in [0.05, 0.1) is 19.9 Å². The first-order valence-corrected chi connectivity index (χ1v) is 3.95. The number of aromatic nitrogens is 1. The van der Waals surface area contributed by atoms with Crippen molar-refractivity contribution in [2.45, 2.75) is 6.10 Å². The van der Waals surface area contributed by atoms with Crippen molar-refractivity contribution < 1.29 is 19.4 Å². The lowest BCUT2D eigenvalue weighted by atomic mass is 10.2. The highest BCUT2D eigenvalue weighted by molar-refractivity contribution is 5.75. The van der Waals surface area contributed by atoms with Crippen LogP contribution in [0.15, 0.2) is 18.3 Å². The molecule has 5 heteroatoms. The van der Waals surface area contributed by atoms with Gasteiger partial charge < -0.3 is 14.6 Å². The molecule has 1 heterocycles. The van der Waals surface area contributed by atoms with E-state index >= 15 is 0 Å². The molecule has 0 bridgehead atoms. The Labute approximate surface area is 81.3 Å². The lowest BCUT2D eigenvalue weighted by Crippen LogP contribution is -2.14. The van der Waals surface area contributed by atoms with Gasteiger partial charge in [-0.25, -0.2) is 4.79 Å². The van der Waals surface area contributed by atoms with E-state index in [0.29, 0.717) is 5.75 Å². The van der Waals surface area contributed by atoms with Gasteiger partial charge >= 0.3 is 5.97 Å². The monoisotopic (exact) mass is 197 g/mol. The van der Waals surface area contributed by atoms with E-state index in [1.165, 1.54) is 26.5 Å². The van der Waals surface area contributed by atoms with E-state index in [1.807, 2.05) is 0 Å². The molecular weight excluding hydrogens is 186 g/mol. The highest BCUT2D eigenvalue weighted by Gasteiger charge is 2.19. The number of hydrogen-bond acceptors (Lipinski definition) is 5. The van der Waals surface area contributed by atoms with Gasteiger partial charge in [-0.05, 0) is 6.07 Å². The van der Waals surface area contributed by atoms with Crippen LogP contribution >= 0.6 is 0 Å². The second-order valence-corrected chi connectivity index (χ2v) is 2.55. The van der Waals surface area contributed by atoms with E-state index in [-0.39, 0.29) is 5.69 Å². The second kappa shape index (κ2) is 4.57. The Kier molecular flexibility index (Phi) is 3.41. The van der Waals surface area contributed by atoms with Crippen LogP contribution in [0.2, 0.25) is 0 Å². The molecule has 1 atom stereocenters. The molecule has 0 aliphatic heterocycles. The molecule has 1 unspecified atom stereocenters. The molecule has 0 aliphatic rings. The molecule has 0 aliphatic carbocycles. The molecule has 0 saturated carbocycles. The molecule has 0 fully saturated rings. The predicted molar refractivity (Wildman–Crippen MR) is 47.8 cm³/mol. The van der Waals surface area contributed by atoms with Crippen LogP contribution in [-0.4, -0.2) is 30.3 Å². The minimum atomic E-state index is -1.37. The minimum Gasteiger partial charge on any atom is -0.497 e. The Morgan fingerprint density at radius 1 is 1.57 bits per heavy atom. The quantitative estimate of drug-likeness (QED) is 0.705. The van der Waals surface area contributed by atoms with E-state index in [4.69, 9.17) is 4.74 Å². The van der Waals surface area contributed by atoms with E-state index in [2.05, 4.69) is 9.72 Å². The topological polar surface area (TPSA) is 68.7 Å². The number of rotatable bonds is 3. The third kappa shape index (κ3) is 2.20. The summed E-state index contributed by atoms with van der Waals surface area (Å²) in [6.07, 6.45) is 0.0791. The van der Waals surface area contributed by atoms with Crippen LogP contribution in [-0.2, 0) is 9.53 Å². The van der Waals surface area contributed by atoms with E-state index < -0.39 is 12.1 Å². The number of carbonyl (C=O) groups excluding carboxylic acids is 1. The number of esters is 1. The number of ether oxygens (including phenoxy) is 2. The molecule has 0 spiro atoms. The zero-order valence-electron chi connectivity index (χ0n) is 7.93. The molecule has 0 aromatic carbocycles. The summed E-state index contributed by atoms with van der Waals surface area (Å²) in [5.41, 5.74) is 0.205. The first-order chi connectivity index (χ1) is 6.69. The normalized spacial score (nSPS) is 11.9. The average molecular weight is 197 g/mol. The number of aliphatic hydroxyl groups is 1. The summed E-state index contributed by atoms with van der Waals surface area (Å²) < 4.78 is 9.29. The van der Waals surface area contributed by atoms with E-state index in [1.54, 1.807) is 6.07 Å². The standard InChI is InChI=1S/C9H11NO4/c1-13-6-3-4-10-7(5-6)8(11)9(12)14-2/h3-5,8,11H,1-2H3. The van der Waals surface area contributed by atoms with Crippen LogP contribution in [0, 0.1) is 0 Å². The number of carbonyl (C=O) groups is 1. The summed E-state index contributed by atoms with van der Waals surface area (Å²) in [5, 5.41) is 9.42. The van der Waals surface area contributed by atoms with Crippen LogP contribution < -0.4 is 4.74 Å². The van der Waals surface area contributed by atoms with Gasteiger partial charge in [-0.3, -0.25) is 4.98 Å². The number of nitrogens with zero attached hydrogens (tertiary/aromatic N) is 1. The van der Waals surface area contributed by atoms with Gasteiger partial charge in [0.25, 0.3) is 0 Å². The van der Waals surface area contributed by atoms with Gasteiger partial charge in [0.15, 0.2) is 6.10 Å². The Bertz CT molecular complexity index is 326. The van der Waals surface area contributed by atoms with Gasteiger partial charge in [0.2, 0.25) is 0 Å². The van der Waals surface area contributed by atoms with E-state index in [9.17, 15) is 9.90 Å². The fourth-order valence-corrected chi connectivity index (χ4v) is 0.937. The smallest absolute Gasteiger partial charge is 0.341 e. The molecule has 0 amide bonds. The molecule has 14 heavy (non-hydrogen) atoms. The Balaban J connectivity index is 2.89. The molecule has 76 valence electrons. The fraction of sp³-hybridized carbons (Fsp3) is 0.333. The van der Waals surface area contributed by atoms with Crippen LogP contribution in [0.5, 0.6) is 5.75 Å². The summed E-state index contributed by atoms with van der Waals surface area (Å²) in [5.74, 6) is -0.219. The summed E-state index contributed by atoms with van der Waals surface area (Å²) in [6, 6.07) is 3.09. The SMILES string of the molecule is COC(=O)C(O)c1cc(OC)ccn1. The van der Waals surface area contributed by atoms with Gasteiger partial charge in [0, 0.05) is 12.3 Å². The summed E-state index contributed by atoms with van der Waals surface area (Å²) in [4.78, 5) is 14.8. The molecule has 1 N–H and O–H groups in total. The van der Waals surface area contributed by atoms with Crippen molar-refractivity contribution in [1.29, 1.82) is 0 Å².